The van der Waals surface area contributed by atoms with Crippen molar-refractivity contribution in [2.75, 3.05) is 12.0 Å². The smallest absolute Gasteiger partial charge is 0.348 e. The number of sulfone groups is 1. The summed E-state index contributed by atoms with van der Waals surface area (Å²) in [7, 11) is -3.40. The molecule has 0 heterocycles. The number of alkyl halides is 3. The number of benzene rings is 1. The van der Waals surface area contributed by atoms with Gasteiger partial charge in [0.15, 0.2) is 0 Å². The molecule has 8 heteroatoms. The van der Waals surface area contributed by atoms with Crippen molar-refractivity contribution in [1.29, 1.82) is 0 Å². The van der Waals surface area contributed by atoms with Crippen LogP contribution in [0.2, 0.25) is 0 Å². The van der Waals surface area contributed by atoms with Crippen LogP contribution in [0.4, 0.5) is 13.2 Å². The van der Waals surface area contributed by atoms with Gasteiger partial charge in [-0.2, -0.15) is 13.2 Å². The van der Waals surface area contributed by atoms with E-state index in [0.717, 1.165) is 6.26 Å². The maximum atomic E-state index is 12.1. The fourth-order valence-corrected chi connectivity index (χ4v) is 2.61. The average Bonchev–Trinajstić information content (AvgIpc) is 2.34. The third kappa shape index (κ3) is 7.69. The van der Waals surface area contributed by atoms with Gasteiger partial charge in [-0.1, -0.05) is 30.3 Å². The summed E-state index contributed by atoms with van der Waals surface area (Å²) in [5.74, 6) is -1.20. The normalized spacial score (nSPS) is 13.7. The van der Waals surface area contributed by atoms with E-state index in [1.165, 1.54) is 0 Å². The van der Waals surface area contributed by atoms with Gasteiger partial charge >= 0.3 is 6.18 Å². The Balaban J connectivity index is 2.77. The molecule has 0 bridgehead atoms. The Labute approximate surface area is 121 Å². The van der Waals surface area contributed by atoms with E-state index in [9.17, 15) is 26.4 Å². The van der Waals surface area contributed by atoms with Gasteiger partial charge in [-0.3, -0.25) is 4.79 Å². The van der Waals surface area contributed by atoms with Gasteiger partial charge in [0.2, 0.25) is 5.91 Å². The largest absolute Gasteiger partial charge is 0.389 e. The lowest BCUT2D eigenvalue weighted by Gasteiger charge is -2.18. The third-order valence-electron chi connectivity index (χ3n) is 2.64. The van der Waals surface area contributed by atoms with Crippen LogP contribution in [0.25, 0.3) is 0 Å². The van der Waals surface area contributed by atoms with Crippen molar-refractivity contribution in [2.24, 2.45) is 0 Å². The molecule has 0 spiro atoms. The Morgan fingerprint density at radius 3 is 2.29 bits per heavy atom. The van der Waals surface area contributed by atoms with E-state index in [1.807, 2.05) is 0 Å². The highest BCUT2D eigenvalue weighted by Gasteiger charge is 2.28. The van der Waals surface area contributed by atoms with E-state index in [0.29, 0.717) is 5.56 Å². The highest BCUT2D eigenvalue weighted by atomic mass is 32.2. The summed E-state index contributed by atoms with van der Waals surface area (Å²) in [5.41, 5.74) is 0.531. The molecule has 1 aromatic carbocycles. The minimum atomic E-state index is -4.42. The molecular weight excluding hydrogens is 307 g/mol. The van der Waals surface area contributed by atoms with Crippen LogP contribution in [0.15, 0.2) is 30.3 Å². The number of rotatable bonds is 6. The molecule has 0 aromatic heterocycles. The molecule has 0 saturated heterocycles. The van der Waals surface area contributed by atoms with E-state index in [4.69, 9.17) is 0 Å². The molecule has 118 valence electrons. The van der Waals surface area contributed by atoms with Crippen molar-refractivity contribution in [3.63, 3.8) is 0 Å². The molecule has 4 nitrogen and oxygen atoms in total. The molecule has 1 unspecified atom stereocenters. The van der Waals surface area contributed by atoms with E-state index in [-0.39, 0.29) is 5.75 Å². The summed E-state index contributed by atoms with van der Waals surface area (Å²) in [6, 6.07) is 7.40. The van der Waals surface area contributed by atoms with Crippen molar-refractivity contribution < 1.29 is 26.4 Å². The van der Waals surface area contributed by atoms with Crippen molar-refractivity contribution in [3.8, 4) is 0 Å². The molecule has 1 aromatic rings. The topological polar surface area (TPSA) is 63.2 Å². The second-order valence-electron chi connectivity index (χ2n) is 4.74. The van der Waals surface area contributed by atoms with Gasteiger partial charge in [0, 0.05) is 12.7 Å². The van der Waals surface area contributed by atoms with Crippen molar-refractivity contribution in [1.82, 2.24) is 5.32 Å². The molecule has 0 fully saturated rings. The molecule has 1 rings (SSSR count). The Morgan fingerprint density at radius 2 is 1.81 bits per heavy atom. The molecule has 1 N–H and O–H groups in total. The molecule has 0 aliphatic carbocycles. The van der Waals surface area contributed by atoms with Crippen LogP contribution in [0.1, 0.15) is 24.4 Å². The first-order valence-corrected chi connectivity index (χ1v) is 8.22. The number of nitrogens with one attached hydrogen (secondary N) is 1. The summed E-state index contributed by atoms with van der Waals surface area (Å²) < 4.78 is 59.0. The third-order valence-corrected chi connectivity index (χ3v) is 3.58. The van der Waals surface area contributed by atoms with Gasteiger partial charge < -0.3 is 5.32 Å². The average molecular weight is 323 g/mol. The summed E-state index contributed by atoms with van der Waals surface area (Å²) >= 11 is 0. The molecule has 0 aliphatic heterocycles. The Kier molecular flexibility index (Phi) is 5.77. The van der Waals surface area contributed by atoms with Crippen LogP contribution in [0.3, 0.4) is 0 Å². The Morgan fingerprint density at radius 1 is 1.24 bits per heavy atom. The Hall–Kier alpha value is -1.57. The van der Waals surface area contributed by atoms with E-state index >= 15 is 0 Å². The first-order valence-electron chi connectivity index (χ1n) is 6.15. The summed E-state index contributed by atoms with van der Waals surface area (Å²) in [4.78, 5) is 11.6. The van der Waals surface area contributed by atoms with Crippen molar-refractivity contribution >= 4 is 15.7 Å². The highest BCUT2D eigenvalue weighted by molar-refractivity contribution is 7.90. The van der Waals surface area contributed by atoms with Crippen LogP contribution >= 0.6 is 0 Å². The van der Waals surface area contributed by atoms with Gasteiger partial charge in [0.05, 0.1) is 18.2 Å². The Bertz CT molecular complexity index is 570. The number of carbonyl (C=O) groups is 1. The van der Waals surface area contributed by atoms with Gasteiger partial charge in [-0.15, -0.1) is 0 Å². The summed E-state index contributed by atoms with van der Waals surface area (Å²) in [6.45, 7) is 0. The van der Waals surface area contributed by atoms with Crippen LogP contribution in [-0.2, 0) is 14.6 Å². The van der Waals surface area contributed by atoms with Crippen molar-refractivity contribution in [3.05, 3.63) is 35.9 Å². The fourth-order valence-electron chi connectivity index (χ4n) is 1.73. The minimum absolute atomic E-state index is 0.366. The zero-order chi connectivity index (χ0) is 16.1. The number of amides is 1. The van der Waals surface area contributed by atoms with Gasteiger partial charge in [-0.05, 0) is 5.56 Å². The predicted molar refractivity (Wildman–Crippen MR) is 72.3 cm³/mol. The van der Waals surface area contributed by atoms with Crippen LogP contribution in [0, 0.1) is 0 Å². The second kappa shape index (κ2) is 6.93. The van der Waals surface area contributed by atoms with Crippen molar-refractivity contribution in [2.45, 2.75) is 25.1 Å². The lowest BCUT2D eigenvalue weighted by molar-refractivity contribution is -0.144. The van der Waals surface area contributed by atoms with Crippen LogP contribution < -0.4 is 5.32 Å². The molecule has 0 radical (unpaired) electrons. The molecule has 1 atom stereocenters. The first kappa shape index (κ1) is 17.5. The molecule has 0 aliphatic rings. The molecule has 0 saturated carbocycles. The standard InChI is InChI=1S/C13H16F3NO3S/c1-21(19,20)9-11(10-5-3-2-4-6-10)17-12(18)7-8-13(14,15)16/h2-6,11H,7-9H2,1H3,(H,17,18). The van der Waals surface area contributed by atoms with Gasteiger partial charge in [0.1, 0.15) is 9.84 Å². The number of halogens is 3. The number of carbonyl (C=O) groups excluding carboxylic acids is 1. The first-order chi connectivity index (χ1) is 9.57. The number of hydrogen-bond donors (Lipinski definition) is 1. The molecule has 21 heavy (non-hydrogen) atoms. The van der Waals surface area contributed by atoms with Crippen LogP contribution in [0.5, 0.6) is 0 Å². The zero-order valence-electron chi connectivity index (χ0n) is 11.4. The number of hydrogen-bond acceptors (Lipinski definition) is 3. The summed E-state index contributed by atoms with van der Waals surface area (Å²) in [5, 5.41) is 2.34. The van der Waals surface area contributed by atoms with Gasteiger partial charge in [0.25, 0.3) is 0 Å². The maximum Gasteiger partial charge on any atom is 0.389 e. The minimum Gasteiger partial charge on any atom is -0.348 e. The fraction of sp³-hybridized carbons (Fsp3) is 0.462. The second-order valence-corrected chi connectivity index (χ2v) is 6.92. The SMILES string of the molecule is CS(=O)(=O)CC(NC(=O)CCC(F)(F)F)c1ccccc1. The van der Waals surface area contributed by atoms with Gasteiger partial charge in [-0.25, -0.2) is 8.42 Å². The molecular formula is C13H16F3NO3S. The van der Waals surface area contributed by atoms with E-state index < -0.39 is 40.8 Å². The maximum absolute atomic E-state index is 12.1. The van der Waals surface area contributed by atoms with E-state index in [2.05, 4.69) is 5.32 Å². The zero-order valence-corrected chi connectivity index (χ0v) is 12.2. The monoisotopic (exact) mass is 323 g/mol. The predicted octanol–water partition coefficient (Wildman–Crippen LogP) is 2.23. The lowest BCUT2D eigenvalue weighted by Crippen LogP contribution is -2.33. The lowest BCUT2D eigenvalue weighted by atomic mass is 10.1. The quantitative estimate of drug-likeness (QED) is 0.873. The highest BCUT2D eigenvalue weighted by Crippen LogP contribution is 2.22. The summed E-state index contributed by atoms with van der Waals surface area (Å²) in [6.07, 6.45) is -5.38. The van der Waals surface area contributed by atoms with E-state index in [1.54, 1.807) is 30.3 Å². The molecule has 1 amide bonds. The van der Waals surface area contributed by atoms with Crippen LogP contribution in [-0.4, -0.2) is 32.5 Å².